The zero-order valence-electron chi connectivity index (χ0n) is 25.3. The van der Waals surface area contributed by atoms with Crippen LogP contribution in [-0.2, 0) is 20.7 Å². The van der Waals surface area contributed by atoms with Crippen molar-refractivity contribution in [3.8, 4) is 22.6 Å². The van der Waals surface area contributed by atoms with Crippen LogP contribution in [0.1, 0.15) is 51.6 Å². The van der Waals surface area contributed by atoms with Gasteiger partial charge in [0.1, 0.15) is 6.04 Å². The molecule has 9 heteroatoms. The minimum Gasteiger partial charge on any atom is -0.467 e. The zero-order valence-corrected chi connectivity index (χ0v) is 25.3. The molecule has 0 spiro atoms. The summed E-state index contributed by atoms with van der Waals surface area (Å²) in [5.41, 5.74) is 6.66. The molecule has 1 amide bonds. The maximum atomic E-state index is 13.2. The van der Waals surface area contributed by atoms with Crippen LogP contribution >= 0.6 is 0 Å². The van der Waals surface area contributed by atoms with Crippen LogP contribution in [0.25, 0.3) is 38.5 Å². The van der Waals surface area contributed by atoms with Crippen molar-refractivity contribution in [2.24, 2.45) is 0 Å². The first-order chi connectivity index (χ1) is 21.7. The summed E-state index contributed by atoms with van der Waals surface area (Å²) in [5.74, 6) is -0.890. The van der Waals surface area contributed by atoms with Crippen LogP contribution in [0.15, 0.2) is 89.3 Å². The number of nitrogens with zero attached hydrogens (tertiary/aromatic N) is 2. The van der Waals surface area contributed by atoms with Gasteiger partial charge in [-0.3, -0.25) is 4.79 Å². The molecule has 5 rings (SSSR count). The molecule has 1 aromatic heterocycles. The van der Waals surface area contributed by atoms with E-state index in [4.69, 9.17) is 20.5 Å². The molecule has 0 aliphatic carbocycles. The van der Waals surface area contributed by atoms with Crippen LogP contribution in [0.4, 0.5) is 5.69 Å². The third-order valence-corrected chi connectivity index (χ3v) is 7.45. The number of hydrogen-bond acceptors (Lipinski definition) is 7. The van der Waals surface area contributed by atoms with Crippen molar-refractivity contribution in [3.05, 3.63) is 119 Å². The van der Waals surface area contributed by atoms with Crippen molar-refractivity contribution in [2.75, 3.05) is 14.2 Å². The number of amides is 1. The number of ether oxygens (including phenoxy) is 2. The number of oxazole rings is 1. The second-order valence-electron chi connectivity index (χ2n) is 10.8. The minimum atomic E-state index is -0.918. The first-order valence-electron chi connectivity index (χ1n) is 14.3. The van der Waals surface area contributed by atoms with E-state index in [1.165, 1.54) is 14.2 Å². The van der Waals surface area contributed by atoms with E-state index in [2.05, 4.69) is 15.1 Å². The summed E-state index contributed by atoms with van der Waals surface area (Å²) in [6.07, 6.45) is 0.215. The largest absolute Gasteiger partial charge is 0.467 e. The molecule has 4 aromatic carbocycles. The maximum Gasteiger partial charge on any atom is 0.337 e. The second-order valence-corrected chi connectivity index (χ2v) is 10.8. The number of fused-ring (bicyclic) bond motifs is 1. The summed E-state index contributed by atoms with van der Waals surface area (Å²) >= 11 is 0. The van der Waals surface area contributed by atoms with Crippen molar-refractivity contribution in [3.63, 3.8) is 0 Å². The molecule has 45 heavy (non-hydrogen) atoms. The normalized spacial score (nSPS) is 11.6. The predicted octanol–water partition coefficient (Wildman–Crippen LogP) is 7.14. The first-order valence-corrected chi connectivity index (χ1v) is 14.3. The molecule has 0 fully saturated rings. The Hall–Kier alpha value is -5.75. The molecule has 0 radical (unpaired) electrons. The Morgan fingerprint density at radius 3 is 2.22 bits per heavy atom. The van der Waals surface area contributed by atoms with Gasteiger partial charge in [0.25, 0.3) is 5.91 Å². The Balaban J connectivity index is 1.30. The Bertz CT molecular complexity index is 1920. The number of carbonyl (C=O) groups excluding carboxylic acids is 3. The highest BCUT2D eigenvalue weighted by atomic mass is 16.5. The van der Waals surface area contributed by atoms with Gasteiger partial charge >= 0.3 is 11.9 Å². The smallest absolute Gasteiger partial charge is 0.337 e. The van der Waals surface area contributed by atoms with Crippen LogP contribution in [0.3, 0.4) is 0 Å². The molecule has 1 N–H and O–H groups in total. The van der Waals surface area contributed by atoms with Crippen molar-refractivity contribution in [2.45, 2.75) is 32.2 Å². The number of methoxy groups -OCH3 is 2. The van der Waals surface area contributed by atoms with Crippen LogP contribution in [0, 0.1) is 6.57 Å². The molecule has 0 aliphatic heterocycles. The van der Waals surface area contributed by atoms with Gasteiger partial charge in [0, 0.05) is 17.5 Å². The number of aromatic nitrogens is 1. The molecular weight excluding hydrogens is 570 g/mol. The van der Waals surface area contributed by atoms with E-state index in [-0.39, 0.29) is 12.3 Å². The van der Waals surface area contributed by atoms with E-state index >= 15 is 0 Å². The van der Waals surface area contributed by atoms with Gasteiger partial charge in [0.15, 0.2) is 11.3 Å². The third-order valence-electron chi connectivity index (χ3n) is 7.45. The van der Waals surface area contributed by atoms with Gasteiger partial charge < -0.3 is 19.2 Å². The fourth-order valence-corrected chi connectivity index (χ4v) is 5.01. The van der Waals surface area contributed by atoms with Gasteiger partial charge in [0.2, 0.25) is 5.89 Å². The van der Waals surface area contributed by atoms with E-state index in [1.54, 1.807) is 48.5 Å². The fourth-order valence-electron chi connectivity index (χ4n) is 5.01. The molecule has 0 aliphatic rings. The minimum absolute atomic E-state index is 0.145. The number of hydrogen-bond donors (Lipinski definition) is 1. The Labute approximate surface area is 260 Å². The van der Waals surface area contributed by atoms with Gasteiger partial charge in [-0.2, -0.15) is 0 Å². The highest BCUT2D eigenvalue weighted by Crippen LogP contribution is 2.34. The van der Waals surface area contributed by atoms with Crippen molar-refractivity contribution in [1.29, 1.82) is 0 Å². The third kappa shape index (κ3) is 6.76. The van der Waals surface area contributed by atoms with E-state index in [0.29, 0.717) is 39.4 Å². The number of carbonyl (C=O) groups is 3. The lowest BCUT2D eigenvalue weighted by Crippen LogP contribution is -2.43. The lowest BCUT2D eigenvalue weighted by atomic mass is 9.99. The predicted molar refractivity (Wildman–Crippen MR) is 170 cm³/mol. The van der Waals surface area contributed by atoms with Crippen LogP contribution < -0.4 is 5.32 Å². The summed E-state index contributed by atoms with van der Waals surface area (Å²) < 4.78 is 15.9. The summed E-state index contributed by atoms with van der Waals surface area (Å²) in [6, 6.07) is 24.0. The van der Waals surface area contributed by atoms with Gasteiger partial charge in [-0.15, -0.1) is 0 Å². The van der Waals surface area contributed by atoms with Crippen LogP contribution in [0.5, 0.6) is 0 Å². The first kappa shape index (κ1) is 30.7. The molecule has 0 bridgehead atoms. The number of benzene rings is 4. The maximum absolute atomic E-state index is 13.2. The lowest BCUT2D eigenvalue weighted by molar-refractivity contribution is -0.142. The molecule has 1 atom stereocenters. The Kier molecular flexibility index (Phi) is 9.05. The summed E-state index contributed by atoms with van der Waals surface area (Å²) in [7, 11) is 2.62. The van der Waals surface area contributed by atoms with E-state index < -0.39 is 23.9 Å². The van der Waals surface area contributed by atoms with Crippen molar-refractivity contribution < 1.29 is 28.3 Å². The van der Waals surface area contributed by atoms with E-state index in [9.17, 15) is 14.4 Å². The van der Waals surface area contributed by atoms with Crippen LogP contribution in [0.2, 0.25) is 0 Å². The topological polar surface area (TPSA) is 112 Å². The average Bonchev–Trinajstić information content (AvgIpc) is 3.51. The molecular formula is C36H31N3O6. The lowest BCUT2D eigenvalue weighted by Gasteiger charge is -2.17. The zero-order chi connectivity index (χ0) is 32.1. The molecule has 9 nitrogen and oxygen atoms in total. The SMILES string of the molecule is [C-]#[N+]c1cc(C(C)C)c2oc(-c3ccc(C(=O)N[C@@H](Cc4ccc(-c5cccc(C(=O)OC)c5)cc4)C(=O)OC)cc3)nc2c1. The molecule has 0 saturated heterocycles. The average molecular weight is 602 g/mol. The Morgan fingerprint density at radius 1 is 0.867 bits per heavy atom. The van der Waals surface area contributed by atoms with Crippen LogP contribution in [-0.4, -0.2) is 43.1 Å². The van der Waals surface area contributed by atoms with Gasteiger partial charge in [-0.05, 0) is 76.7 Å². The van der Waals surface area contributed by atoms with Gasteiger partial charge in [-0.25, -0.2) is 19.4 Å². The summed E-state index contributed by atoms with van der Waals surface area (Å²) in [4.78, 5) is 45.8. The van der Waals surface area contributed by atoms with E-state index in [0.717, 1.165) is 22.3 Å². The molecule has 226 valence electrons. The summed E-state index contributed by atoms with van der Waals surface area (Å²) in [6.45, 7) is 11.5. The number of nitrogens with one attached hydrogen (secondary N) is 1. The van der Waals surface area contributed by atoms with Gasteiger partial charge in [-0.1, -0.05) is 50.2 Å². The van der Waals surface area contributed by atoms with E-state index in [1.807, 2.05) is 50.2 Å². The Morgan fingerprint density at radius 2 is 1.58 bits per heavy atom. The molecule has 0 unspecified atom stereocenters. The second kappa shape index (κ2) is 13.3. The highest BCUT2D eigenvalue weighted by Gasteiger charge is 2.23. The number of rotatable bonds is 9. The molecule has 0 saturated carbocycles. The van der Waals surface area contributed by atoms with Crippen molar-refractivity contribution >= 4 is 34.6 Å². The number of esters is 2. The monoisotopic (exact) mass is 601 g/mol. The van der Waals surface area contributed by atoms with Crippen molar-refractivity contribution in [1.82, 2.24) is 10.3 Å². The molecule has 1 heterocycles. The summed E-state index contributed by atoms with van der Waals surface area (Å²) in [5, 5.41) is 2.79. The molecule has 5 aromatic rings. The quantitative estimate of drug-likeness (QED) is 0.141. The standard InChI is InChI=1S/C36H31N3O6/c1-21(2)29-19-28(37-3)20-30-32(29)45-34(39-30)25-15-13-24(14-16-25)33(40)38-31(36(42)44-5)17-22-9-11-23(12-10-22)26-7-6-8-27(18-26)35(41)43-4/h6-16,18-21,31H,17H2,1-2,4-5H3,(H,38,40)/t31-/m0/s1. The fraction of sp³-hybridized carbons (Fsp3) is 0.194. The van der Waals surface area contributed by atoms with Gasteiger partial charge in [0.05, 0.1) is 31.9 Å². The highest BCUT2D eigenvalue weighted by molar-refractivity contribution is 5.97.